The molecule has 5 heteroatoms. The van der Waals surface area contributed by atoms with Gasteiger partial charge in [0.05, 0.1) is 5.41 Å². The monoisotopic (exact) mass is 388 g/mol. The van der Waals surface area contributed by atoms with Gasteiger partial charge in [0.2, 0.25) is 11.9 Å². The van der Waals surface area contributed by atoms with Gasteiger partial charge in [-0.25, -0.2) is 9.97 Å². The van der Waals surface area contributed by atoms with Gasteiger partial charge in [0.25, 0.3) is 0 Å². The van der Waals surface area contributed by atoms with Crippen LogP contribution < -0.4 is 4.90 Å². The molecular weight excluding hydrogens is 360 g/mol. The van der Waals surface area contributed by atoms with Gasteiger partial charge >= 0.3 is 0 Å². The van der Waals surface area contributed by atoms with E-state index < -0.39 is 0 Å². The molecule has 5 nitrogen and oxygen atoms in total. The van der Waals surface area contributed by atoms with E-state index in [9.17, 15) is 4.79 Å². The fourth-order valence-electron chi connectivity index (χ4n) is 5.01. The van der Waals surface area contributed by atoms with Crippen LogP contribution in [0.15, 0.2) is 42.6 Å². The Bertz CT molecular complexity index is 982. The van der Waals surface area contributed by atoms with Gasteiger partial charge in [-0.1, -0.05) is 44.2 Å². The summed E-state index contributed by atoms with van der Waals surface area (Å²) < 4.78 is 0. The number of fused-ring (bicyclic) bond motifs is 1. The van der Waals surface area contributed by atoms with E-state index in [1.165, 1.54) is 16.7 Å². The van der Waals surface area contributed by atoms with Crippen molar-refractivity contribution in [3.8, 4) is 0 Å². The second-order valence-corrected chi connectivity index (χ2v) is 8.96. The van der Waals surface area contributed by atoms with Crippen molar-refractivity contribution in [3.05, 3.63) is 59.4 Å². The van der Waals surface area contributed by atoms with Gasteiger partial charge in [0.15, 0.2) is 0 Å². The van der Waals surface area contributed by atoms with Gasteiger partial charge < -0.3 is 9.80 Å². The fourth-order valence-corrected chi connectivity index (χ4v) is 5.01. The Morgan fingerprint density at radius 2 is 1.97 bits per heavy atom. The van der Waals surface area contributed by atoms with Crippen molar-refractivity contribution in [1.82, 2.24) is 14.9 Å². The van der Waals surface area contributed by atoms with E-state index >= 15 is 0 Å². The number of hydrogen-bond acceptors (Lipinski definition) is 4. The predicted molar refractivity (Wildman–Crippen MR) is 115 cm³/mol. The van der Waals surface area contributed by atoms with E-state index in [-0.39, 0.29) is 5.41 Å². The Balaban J connectivity index is 1.30. The first kappa shape index (κ1) is 18.3. The molecule has 1 aliphatic carbocycles. The quantitative estimate of drug-likeness (QED) is 0.802. The van der Waals surface area contributed by atoms with Crippen molar-refractivity contribution in [1.29, 1.82) is 0 Å². The summed E-state index contributed by atoms with van der Waals surface area (Å²) in [6.45, 7) is 7.46. The third-order valence-electron chi connectivity index (χ3n) is 6.79. The Kier molecular flexibility index (Phi) is 4.41. The van der Waals surface area contributed by atoms with Crippen LogP contribution in [0.4, 0.5) is 5.95 Å². The summed E-state index contributed by atoms with van der Waals surface area (Å²) in [5, 5.41) is 0. The zero-order chi connectivity index (χ0) is 20.0. The number of hydrogen-bond donors (Lipinski definition) is 0. The van der Waals surface area contributed by atoms with E-state index in [1.54, 1.807) is 0 Å². The number of aromatic nitrogens is 2. The number of benzene rings is 1. The number of likely N-dealkylation sites (tertiary alicyclic amines) is 1. The highest BCUT2D eigenvalue weighted by Gasteiger charge is 2.51. The number of carbonyl (C=O) groups excluding carboxylic acids is 1. The van der Waals surface area contributed by atoms with Crippen molar-refractivity contribution < 1.29 is 4.79 Å². The standard InChI is InChI=1S/C24H28N4O/c1-17(2)21-9-12-25-23(26-21)28-14-11-24(16-28)10-13-27(22(24)29)15-19-8-7-18-5-3-4-6-20(18)19/h3-6,8-9,12,17H,7,10-11,13-16H2,1-2H3. The Morgan fingerprint density at radius 3 is 2.83 bits per heavy atom. The van der Waals surface area contributed by atoms with Crippen molar-refractivity contribution in [2.24, 2.45) is 5.41 Å². The SMILES string of the molecule is CC(C)c1ccnc(N2CCC3(CCN(CC4=CCc5ccccc54)C3=O)C2)n1. The Hall–Kier alpha value is -2.69. The van der Waals surface area contributed by atoms with Gasteiger partial charge in [0, 0.05) is 38.1 Å². The molecule has 1 unspecified atom stereocenters. The van der Waals surface area contributed by atoms with E-state index in [0.717, 1.165) is 57.1 Å². The van der Waals surface area contributed by atoms with Crippen LogP contribution in [-0.2, 0) is 11.2 Å². The Morgan fingerprint density at radius 1 is 1.14 bits per heavy atom. The molecule has 5 rings (SSSR count). The summed E-state index contributed by atoms with van der Waals surface area (Å²) in [4.78, 5) is 26.9. The summed E-state index contributed by atoms with van der Waals surface area (Å²) in [5.41, 5.74) is 4.78. The van der Waals surface area contributed by atoms with Crippen molar-refractivity contribution in [3.63, 3.8) is 0 Å². The van der Waals surface area contributed by atoms with Gasteiger partial charge in [-0.3, -0.25) is 4.79 Å². The second-order valence-electron chi connectivity index (χ2n) is 8.96. The molecule has 0 bridgehead atoms. The molecule has 29 heavy (non-hydrogen) atoms. The topological polar surface area (TPSA) is 49.3 Å². The van der Waals surface area contributed by atoms with Crippen LogP contribution in [-0.4, -0.2) is 47.0 Å². The molecule has 1 aromatic carbocycles. The van der Waals surface area contributed by atoms with Crippen LogP contribution >= 0.6 is 0 Å². The summed E-state index contributed by atoms with van der Waals surface area (Å²) in [7, 11) is 0. The van der Waals surface area contributed by atoms with Crippen molar-refractivity contribution in [2.45, 2.75) is 39.0 Å². The number of carbonyl (C=O) groups is 1. The predicted octanol–water partition coefficient (Wildman–Crippen LogP) is 3.67. The number of amides is 1. The number of allylic oxidation sites excluding steroid dienone is 1. The smallest absolute Gasteiger partial charge is 0.231 e. The lowest BCUT2D eigenvalue weighted by Gasteiger charge is -2.24. The molecule has 2 fully saturated rings. The highest BCUT2D eigenvalue weighted by atomic mass is 16.2. The van der Waals surface area contributed by atoms with E-state index in [4.69, 9.17) is 4.98 Å². The van der Waals surface area contributed by atoms with Crippen LogP contribution in [0.1, 0.15) is 49.4 Å². The lowest BCUT2D eigenvalue weighted by atomic mass is 9.85. The minimum absolute atomic E-state index is 0.268. The second kappa shape index (κ2) is 6.97. The lowest BCUT2D eigenvalue weighted by molar-refractivity contribution is -0.134. The van der Waals surface area contributed by atoms with E-state index in [0.29, 0.717) is 11.8 Å². The molecule has 0 saturated carbocycles. The van der Waals surface area contributed by atoms with Crippen LogP contribution in [0, 0.1) is 5.41 Å². The van der Waals surface area contributed by atoms with Gasteiger partial charge in [-0.2, -0.15) is 0 Å². The fraction of sp³-hybridized carbons (Fsp3) is 0.458. The first-order chi connectivity index (χ1) is 14.1. The van der Waals surface area contributed by atoms with Crippen LogP contribution in [0.2, 0.25) is 0 Å². The zero-order valence-corrected chi connectivity index (χ0v) is 17.3. The summed E-state index contributed by atoms with van der Waals surface area (Å²) in [5.74, 6) is 1.46. The molecule has 3 aliphatic rings. The molecular formula is C24H28N4O. The first-order valence-corrected chi connectivity index (χ1v) is 10.7. The molecule has 0 N–H and O–H groups in total. The summed E-state index contributed by atoms with van der Waals surface area (Å²) in [6, 6.07) is 10.5. The molecule has 2 aliphatic heterocycles. The highest BCUT2D eigenvalue weighted by molar-refractivity contribution is 5.88. The average molecular weight is 389 g/mol. The van der Waals surface area contributed by atoms with Crippen molar-refractivity contribution in [2.75, 3.05) is 31.1 Å². The largest absolute Gasteiger partial charge is 0.340 e. The maximum Gasteiger partial charge on any atom is 0.231 e. The molecule has 2 aromatic rings. The highest BCUT2D eigenvalue weighted by Crippen LogP contribution is 2.42. The molecule has 1 amide bonds. The molecule has 1 atom stereocenters. The average Bonchev–Trinajstić information content (AvgIpc) is 3.43. The van der Waals surface area contributed by atoms with Gasteiger partial charge in [-0.05, 0) is 47.9 Å². The summed E-state index contributed by atoms with van der Waals surface area (Å²) >= 11 is 0. The molecule has 2 saturated heterocycles. The van der Waals surface area contributed by atoms with Gasteiger partial charge in [-0.15, -0.1) is 0 Å². The molecule has 1 aromatic heterocycles. The zero-order valence-electron chi connectivity index (χ0n) is 17.3. The Labute approximate surface area is 172 Å². The molecule has 1 spiro atoms. The third-order valence-corrected chi connectivity index (χ3v) is 6.79. The lowest BCUT2D eigenvalue weighted by Crippen LogP contribution is -2.37. The van der Waals surface area contributed by atoms with E-state index in [2.05, 4.69) is 59.0 Å². The van der Waals surface area contributed by atoms with Crippen LogP contribution in [0.3, 0.4) is 0 Å². The number of nitrogens with zero attached hydrogens (tertiary/aromatic N) is 4. The summed E-state index contributed by atoms with van der Waals surface area (Å²) in [6.07, 6.45) is 6.94. The maximum absolute atomic E-state index is 13.4. The molecule has 3 heterocycles. The normalized spacial score (nSPS) is 23.4. The van der Waals surface area contributed by atoms with Crippen molar-refractivity contribution >= 4 is 17.4 Å². The third kappa shape index (κ3) is 3.13. The number of rotatable bonds is 4. The first-order valence-electron chi connectivity index (χ1n) is 10.7. The van der Waals surface area contributed by atoms with Crippen LogP contribution in [0.5, 0.6) is 0 Å². The van der Waals surface area contributed by atoms with Gasteiger partial charge in [0.1, 0.15) is 0 Å². The van der Waals surface area contributed by atoms with E-state index in [1.807, 2.05) is 12.3 Å². The number of anilines is 1. The van der Waals surface area contributed by atoms with Crippen LogP contribution in [0.25, 0.3) is 5.57 Å². The minimum Gasteiger partial charge on any atom is -0.340 e. The molecule has 0 radical (unpaired) electrons. The molecule has 150 valence electrons. The maximum atomic E-state index is 13.4. The minimum atomic E-state index is -0.268.